The molecule has 0 radical (unpaired) electrons. The summed E-state index contributed by atoms with van der Waals surface area (Å²) in [5, 5.41) is 13.8. The standard InChI is InChI=1S/C26H30N6O/c1-17-9-11-31(12-10-17)24(25-28-29-30-32(25)16-20-7-5-4-6-8-20)22-15-21-14-18(2)13-19(3)23(21)27-26(22)33/h4-8,13-15,17,24H,9-12,16H2,1-3H3,(H,27,33)/t24-/m0/s1. The van der Waals surface area contributed by atoms with Gasteiger partial charge in [-0.3, -0.25) is 9.69 Å². The van der Waals surface area contributed by atoms with Gasteiger partial charge in [0.15, 0.2) is 5.82 Å². The van der Waals surface area contributed by atoms with Crippen molar-refractivity contribution >= 4 is 10.9 Å². The van der Waals surface area contributed by atoms with E-state index in [1.807, 2.05) is 35.9 Å². The van der Waals surface area contributed by atoms with E-state index in [1.54, 1.807) is 0 Å². The molecule has 1 saturated heterocycles. The molecule has 3 heterocycles. The van der Waals surface area contributed by atoms with Gasteiger partial charge in [-0.1, -0.05) is 48.9 Å². The molecule has 2 aromatic heterocycles. The highest BCUT2D eigenvalue weighted by molar-refractivity contribution is 5.83. The number of nitrogens with zero attached hydrogens (tertiary/aromatic N) is 5. The molecule has 0 bridgehead atoms. The predicted octanol–water partition coefficient (Wildman–Crippen LogP) is 4.00. The van der Waals surface area contributed by atoms with E-state index in [0.717, 1.165) is 48.0 Å². The number of likely N-dealkylation sites (tertiary alicyclic amines) is 1. The average molecular weight is 443 g/mol. The number of aryl methyl sites for hydroxylation is 2. The van der Waals surface area contributed by atoms with Crippen molar-refractivity contribution in [3.63, 3.8) is 0 Å². The maximum Gasteiger partial charge on any atom is 0.253 e. The Labute approximate surface area is 193 Å². The van der Waals surface area contributed by atoms with Crippen LogP contribution in [-0.2, 0) is 6.54 Å². The first kappa shape index (κ1) is 21.5. The van der Waals surface area contributed by atoms with Crippen LogP contribution >= 0.6 is 0 Å². The number of H-pyrrole nitrogens is 1. The number of tetrazole rings is 1. The van der Waals surface area contributed by atoms with Crippen LogP contribution in [0.1, 0.15) is 53.9 Å². The quantitative estimate of drug-likeness (QED) is 0.505. The first-order valence-corrected chi connectivity index (χ1v) is 11.7. The number of rotatable bonds is 5. The summed E-state index contributed by atoms with van der Waals surface area (Å²) in [6, 6.07) is 16.1. The van der Waals surface area contributed by atoms with Crippen molar-refractivity contribution in [3.8, 4) is 0 Å². The molecule has 0 aliphatic carbocycles. The molecule has 1 N–H and O–H groups in total. The zero-order valence-electron chi connectivity index (χ0n) is 19.5. The lowest BCUT2D eigenvalue weighted by Gasteiger charge is -2.36. The van der Waals surface area contributed by atoms with E-state index in [1.165, 1.54) is 5.56 Å². The summed E-state index contributed by atoms with van der Waals surface area (Å²) in [6.45, 7) is 8.80. The Morgan fingerprint density at radius 1 is 1.09 bits per heavy atom. The molecule has 4 aromatic rings. The summed E-state index contributed by atoms with van der Waals surface area (Å²) in [5.74, 6) is 1.39. The number of aromatic nitrogens is 5. The third kappa shape index (κ3) is 4.33. The van der Waals surface area contributed by atoms with Crippen LogP contribution in [0.15, 0.2) is 53.3 Å². The van der Waals surface area contributed by atoms with E-state index in [2.05, 4.69) is 63.5 Å². The molecule has 0 spiro atoms. The molecule has 0 unspecified atom stereocenters. The second-order valence-electron chi connectivity index (χ2n) is 9.40. The van der Waals surface area contributed by atoms with E-state index in [4.69, 9.17) is 0 Å². The number of fused-ring (bicyclic) bond motifs is 1. The fraction of sp³-hybridized carbons (Fsp3) is 0.385. The van der Waals surface area contributed by atoms with Crippen LogP contribution in [0.5, 0.6) is 0 Å². The van der Waals surface area contributed by atoms with E-state index in [9.17, 15) is 4.79 Å². The van der Waals surface area contributed by atoms with Crippen molar-refractivity contribution in [3.05, 3.63) is 87.0 Å². The molecule has 170 valence electrons. The van der Waals surface area contributed by atoms with Gasteiger partial charge in [-0.25, -0.2) is 4.68 Å². The highest BCUT2D eigenvalue weighted by atomic mass is 16.1. The van der Waals surface area contributed by atoms with Crippen molar-refractivity contribution in [1.82, 2.24) is 30.1 Å². The zero-order valence-corrected chi connectivity index (χ0v) is 19.5. The van der Waals surface area contributed by atoms with Gasteiger partial charge in [0.25, 0.3) is 5.56 Å². The molecular weight excluding hydrogens is 412 g/mol. The highest BCUT2D eigenvalue weighted by Crippen LogP contribution is 2.31. The van der Waals surface area contributed by atoms with Crippen molar-refractivity contribution in [2.45, 2.75) is 46.2 Å². The fourth-order valence-electron chi connectivity index (χ4n) is 4.97. The van der Waals surface area contributed by atoms with Crippen molar-refractivity contribution in [1.29, 1.82) is 0 Å². The maximum absolute atomic E-state index is 13.4. The summed E-state index contributed by atoms with van der Waals surface area (Å²) < 4.78 is 1.84. The van der Waals surface area contributed by atoms with Gasteiger partial charge in [-0.2, -0.15) is 0 Å². The maximum atomic E-state index is 13.4. The lowest BCUT2D eigenvalue weighted by molar-refractivity contribution is 0.149. The first-order valence-electron chi connectivity index (χ1n) is 11.7. The topological polar surface area (TPSA) is 79.7 Å². The molecular formula is C26H30N6O. The number of aromatic amines is 1. The molecule has 2 aromatic carbocycles. The van der Waals surface area contributed by atoms with Crippen LogP contribution in [0, 0.1) is 19.8 Å². The van der Waals surface area contributed by atoms with Gasteiger partial charge in [0.1, 0.15) is 6.04 Å². The molecule has 33 heavy (non-hydrogen) atoms. The van der Waals surface area contributed by atoms with Crippen molar-refractivity contribution < 1.29 is 0 Å². The second-order valence-corrected chi connectivity index (χ2v) is 9.40. The minimum absolute atomic E-state index is 0.0765. The van der Waals surface area contributed by atoms with Crippen molar-refractivity contribution in [2.24, 2.45) is 5.92 Å². The monoisotopic (exact) mass is 442 g/mol. The average Bonchev–Trinajstić information content (AvgIpc) is 3.24. The fourth-order valence-corrected chi connectivity index (χ4v) is 4.97. The van der Waals surface area contributed by atoms with E-state index in [0.29, 0.717) is 23.9 Å². The lowest BCUT2D eigenvalue weighted by atomic mass is 9.95. The van der Waals surface area contributed by atoms with Crippen LogP contribution in [0.25, 0.3) is 10.9 Å². The van der Waals surface area contributed by atoms with Gasteiger partial charge < -0.3 is 4.98 Å². The number of nitrogens with one attached hydrogen (secondary N) is 1. The second kappa shape index (κ2) is 8.90. The van der Waals surface area contributed by atoms with Crippen LogP contribution in [0.2, 0.25) is 0 Å². The van der Waals surface area contributed by atoms with Gasteiger partial charge in [0, 0.05) is 5.56 Å². The number of piperidine rings is 1. The molecule has 1 atom stereocenters. The van der Waals surface area contributed by atoms with E-state index < -0.39 is 0 Å². The molecule has 1 aliphatic rings. The number of benzene rings is 2. The first-order chi connectivity index (χ1) is 16.0. The Balaban J connectivity index is 1.63. The van der Waals surface area contributed by atoms with Crippen molar-refractivity contribution in [2.75, 3.05) is 13.1 Å². The zero-order chi connectivity index (χ0) is 22.9. The van der Waals surface area contributed by atoms with Gasteiger partial charge in [0.05, 0.1) is 12.1 Å². The van der Waals surface area contributed by atoms with Gasteiger partial charge in [-0.15, -0.1) is 5.10 Å². The summed E-state index contributed by atoms with van der Waals surface area (Å²) in [5.41, 5.74) is 4.89. The van der Waals surface area contributed by atoms with Gasteiger partial charge in [0.2, 0.25) is 0 Å². The Morgan fingerprint density at radius 3 is 2.61 bits per heavy atom. The van der Waals surface area contributed by atoms with Crippen LogP contribution in [0.3, 0.4) is 0 Å². The minimum Gasteiger partial charge on any atom is -0.321 e. The molecule has 5 rings (SSSR count). The van der Waals surface area contributed by atoms with Crippen LogP contribution < -0.4 is 5.56 Å². The van der Waals surface area contributed by atoms with Crippen LogP contribution in [-0.4, -0.2) is 43.2 Å². The smallest absolute Gasteiger partial charge is 0.253 e. The summed E-state index contributed by atoms with van der Waals surface area (Å²) in [4.78, 5) is 18.9. The van der Waals surface area contributed by atoms with E-state index >= 15 is 0 Å². The van der Waals surface area contributed by atoms with Crippen LogP contribution in [0.4, 0.5) is 0 Å². The predicted molar refractivity (Wildman–Crippen MR) is 129 cm³/mol. The SMILES string of the molecule is Cc1cc(C)c2[nH]c(=O)c([C@@H](c3nnnn3Cc3ccccc3)N3CCC(C)CC3)cc2c1. The number of hydrogen-bond donors (Lipinski definition) is 1. The van der Waals surface area contributed by atoms with E-state index in [-0.39, 0.29) is 11.6 Å². The number of hydrogen-bond acceptors (Lipinski definition) is 5. The third-order valence-corrected chi connectivity index (χ3v) is 6.78. The Hall–Kier alpha value is -3.32. The summed E-state index contributed by atoms with van der Waals surface area (Å²) in [6.07, 6.45) is 2.20. The summed E-state index contributed by atoms with van der Waals surface area (Å²) >= 11 is 0. The molecule has 7 heteroatoms. The Morgan fingerprint density at radius 2 is 1.85 bits per heavy atom. The normalized spacial score (nSPS) is 16.3. The Kier molecular flexibility index (Phi) is 5.81. The lowest BCUT2D eigenvalue weighted by Crippen LogP contribution is -2.40. The number of pyridine rings is 1. The molecule has 1 fully saturated rings. The highest BCUT2D eigenvalue weighted by Gasteiger charge is 2.32. The summed E-state index contributed by atoms with van der Waals surface area (Å²) in [7, 11) is 0. The minimum atomic E-state index is -0.301. The third-order valence-electron chi connectivity index (χ3n) is 6.78. The van der Waals surface area contributed by atoms with Gasteiger partial charge >= 0.3 is 0 Å². The molecule has 0 saturated carbocycles. The van der Waals surface area contributed by atoms with Gasteiger partial charge in [-0.05, 0) is 84.8 Å². The molecule has 1 aliphatic heterocycles. The Bertz CT molecular complexity index is 1320. The molecule has 0 amide bonds. The molecule has 7 nitrogen and oxygen atoms in total. The largest absolute Gasteiger partial charge is 0.321 e.